The van der Waals surface area contributed by atoms with Gasteiger partial charge in [0.05, 0.1) is 6.61 Å². The van der Waals surface area contributed by atoms with Crippen molar-refractivity contribution in [2.75, 3.05) is 13.2 Å². The predicted molar refractivity (Wildman–Crippen MR) is 63.6 cm³/mol. The molecule has 16 heavy (non-hydrogen) atoms. The maximum absolute atomic E-state index is 10.5. The minimum Gasteiger partial charge on any atom is -0.494 e. The molecule has 2 rings (SSSR count). The van der Waals surface area contributed by atoms with Crippen molar-refractivity contribution in [3.05, 3.63) is 29.8 Å². The molecule has 1 fully saturated rings. The van der Waals surface area contributed by atoms with Crippen molar-refractivity contribution in [2.24, 2.45) is 0 Å². The van der Waals surface area contributed by atoms with E-state index in [0.29, 0.717) is 6.61 Å². The number of benzene rings is 1. The Labute approximate surface area is 96.4 Å². The standard InChI is InChI=1S/C13H19NO2/c1-3-16-12-6-4-11(5-7-12)13(15)8-9-14-10(13)2/h4-7,10,14-15H,3,8-9H2,1-2H3. The number of rotatable bonds is 3. The smallest absolute Gasteiger partial charge is 0.119 e. The highest BCUT2D eigenvalue weighted by molar-refractivity contribution is 5.32. The average Bonchev–Trinajstić information content (AvgIpc) is 2.62. The molecule has 0 saturated carbocycles. The molecule has 1 aliphatic heterocycles. The number of aliphatic hydroxyl groups is 1. The second-order valence-corrected chi connectivity index (χ2v) is 4.31. The molecule has 3 heteroatoms. The minimum atomic E-state index is -0.731. The van der Waals surface area contributed by atoms with Crippen LogP contribution in [0.3, 0.4) is 0 Å². The van der Waals surface area contributed by atoms with Crippen molar-refractivity contribution in [3.8, 4) is 5.75 Å². The number of hydrogen-bond acceptors (Lipinski definition) is 3. The van der Waals surface area contributed by atoms with Crippen molar-refractivity contribution in [1.29, 1.82) is 0 Å². The SMILES string of the molecule is CCOc1ccc(C2(O)CCNC2C)cc1. The van der Waals surface area contributed by atoms with E-state index in [4.69, 9.17) is 4.74 Å². The second-order valence-electron chi connectivity index (χ2n) is 4.31. The quantitative estimate of drug-likeness (QED) is 0.815. The molecule has 88 valence electrons. The Bertz CT molecular complexity index is 349. The van der Waals surface area contributed by atoms with Gasteiger partial charge in [0.25, 0.3) is 0 Å². The Hall–Kier alpha value is -1.06. The monoisotopic (exact) mass is 221 g/mol. The van der Waals surface area contributed by atoms with Crippen molar-refractivity contribution in [3.63, 3.8) is 0 Å². The summed E-state index contributed by atoms with van der Waals surface area (Å²) in [5, 5.41) is 13.8. The van der Waals surface area contributed by atoms with Gasteiger partial charge in [-0.3, -0.25) is 0 Å². The lowest BCUT2D eigenvalue weighted by Gasteiger charge is -2.27. The lowest BCUT2D eigenvalue weighted by molar-refractivity contribution is 0.0292. The van der Waals surface area contributed by atoms with E-state index in [-0.39, 0.29) is 6.04 Å². The number of hydrogen-bond donors (Lipinski definition) is 2. The van der Waals surface area contributed by atoms with Gasteiger partial charge >= 0.3 is 0 Å². The maximum atomic E-state index is 10.5. The van der Waals surface area contributed by atoms with E-state index in [9.17, 15) is 5.11 Å². The summed E-state index contributed by atoms with van der Waals surface area (Å²) in [7, 11) is 0. The van der Waals surface area contributed by atoms with Crippen LogP contribution in [0.2, 0.25) is 0 Å². The van der Waals surface area contributed by atoms with Crippen molar-refractivity contribution >= 4 is 0 Å². The third kappa shape index (κ3) is 1.93. The fourth-order valence-corrected chi connectivity index (χ4v) is 2.27. The topological polar surface area (TPSA) is 41.5 Å². The molecule has 1 aromatic rings. The first kappa shape index (κ1) is 11.4. The van der Waals surface area contributed by atoms with Gasteiger partial charge in [-0.05, 0) is 44.5 Å². The summed E-state index contributed by atoms with van der Waals surface area (Å²) in [6, 6.07) is 7.84. The zero-order valence-corrected chi connectivity index (χ0v) is 9.86. The van der Waals surface area contributed by atoms with Crippen LogP contribution in [0.5, 0.6) is 5.75 Å². The predicted octanol–water partition coefficient (Wildman–Crippen LogP) is 1.65. The van der Waals surface area contributed by atoms with Crippen molar-refractivity contribution in [2.45, 2.75) is 31.9 Å². The van der Waals surface area contributed by atoms with Gasteiger partial charge in [-0.25, -0.2) is 0 Å². The molecule has 1 aliphatic rings. The van der Waals surface area contributed by atoms with E-state index >= 15 is 0 Å². The minimum absolute atomic E-state index is 0.102. The molecule has 3 nitrogen and oxygen atoms in total. The molecule has 0 spiro atoms. The first-order valence-electron chi connectivity index (χ1n) is 5.86. The third-order valence-corrected chi connectivity index (χ3v) is 3.34. The molecule has 0 amide bonds. The number of nitrogens with one attached hydrogen (secondary N) is 1. The molecule has 0 bridgehead atoms. The summed E-state index contributed by atoms with van der Waals surface area (Å²) >= 11 is 0. The highest BCUT2D eigenvalue weighted by atomic mass is 16.5. The van der Waals surface area contributed by atoms with E-state index in [2.05, 4.69) is 5.32 Å². The van der Waals surface area contributed by atoms with Crippen LogP contribution in [0.4, 0.5) is 0 Å². The fraction of sp³-hybridized carbons (Fsp3) is 0.538. The molecule has 1 heterocycles. The van der Waals surface area contributed by atoms with Gasteiger partial charge in [0.15, 0.2) is 0 Å². The zero-order valence-electron chi connectivity index (χ0n) is 9.86. The molecular weight excluding hydrogens is 202 g/mol. The molecule has 0 radical (unpaired) electrons. The van der Waals surface area contributed by atoms with Gasteiger partial charge in [0.1, 0.15) is 11.4 Å². The van der Waals surface area contributed by atoms with Gasteiger partial charge in [0.2, 0.25) is 0 Å². The van der Waals surface area contributed by atoms with Crippen LogP contribution in [0.15, 0.2) is 24.3 Å². The van der Waals surface area contributed by atoms with Gasteiger partial charge in [-0.1, -0.05) is 12.1 Å². The molecule has 0 aliphatic carbocycles. The van der Waals surface area contributed by atoms with Crippen LogP contribution in [-0.2, 0) is 5.60 Å². The second kappa shape index (κ2) is 4.44. The summed E-state index contributed by atoms with van der Waals surface area (Å²) in [4.78, 5) is 0. The van der Waals surface area contributed by atoms with E-state index in [0.717, 1.165) is 24.3 Å². The summed E-state index contributed by atoms with van der Waals surface area (Å²) in [5.74, 6) is 0.855. The van der Waals surface area contributed by atoms with E-state index in [1.54, 1.807) is 0 Å². The summed E-state index contributed by atoms with van der Waals surface area (Å²) in [5.41, 5.74) is 0.235. The van der Waals surface area contributed by atoms with Gasteiger partial charge in [0, 0.05) is 6.04 Å². The van der Waals surface area contributed by atoms with E-state index in [1.807, 2.05) is 38.1 Å². The molecule has 1 saturated heterocycles. The summed E-state index contributed by atoms with van der Waals surface area (Å²) in [6.45, 7) is 5.51. The molecule has 0 aromatic heterocycles. The molecular formula is C13H19NO2. The molecule has 2 atom stereocenters. The summed E-state index contributed by atoms with van der Waals surface area (Å²) < 4.78 is 5.39. The molecule has 2 N–H and O–H groups in total. The molecule has 1 aromatic carbocycles. The first-order chi connectivity index (χ1) is 7.66. The van der Waals surface area contributed by atoms with Crippen LogP contribution >= 0.6 is 0 Å². The lowest BCUT2D eigenvalue weighted by Crippen LogP contribution is -2.37. The Morgan fingerprint density at radius 2 is 2.12 bits per heavy atom. The Kier molecular flexibility index (Phi) is 3.17. The number of ether oxygens (including phenoxy) is 1. The Morgan fingerprint density at radius 3 is 2.62 bits per heavy atom. The Morgan fingerprint density at radius 1 is 1.44 bits per heavy atom. The van der Waals surface area contributed by atoms with Crippen LogP contribution in [0.1, 0.15) is 25.8 Å². The normalized spacial score (nSPS) is 29.3. The zero-order chi connectivity index (χ0) is 11.6. The van der Waals surface area contributed by atoms with Gasteiger partial charge in [-0.2, -0.15) is 0 Å². The fourth-order valence-electron chi connectivity index (χ4n) is 2.27. The van der Waals surface area contributed by atoms with Crippen LogP contribution < -0.4 is 10.1 Å². The van der Waals surface area contributed by atoms with E-state index in [1.165, 1.54) is 0 Å². The highest BCUT2D eigenvalue weighted by Crippen LogP contribution is 2.33. The van der Waals surface area contributed by atoms with Crippen molar-refractivity contribution < 1.29 is 9.84 Å². The highest BCUT2D eigenvalue weighted by Gasteiger charge is 2.39. The Balaban J connectivity index is 2.20. The largest absolute Gasteiger partial charge is 0.494 e. The third-order valence-electron chi connectivity index (χ3n) is 3.34. The maximum Gasteiger partial charge on any atom is 0.119 e. The lowest BCUT2D eigenvalue weighted by atomic mass is 9.87. The first-order valence-corrected chi connectivity index (χ1v) is 5.86. The van der Waals surface area contributed by atoms with Crippen LogP contribution in [0, 0.1) is 0 Å². The van der Waals surface area contributed by atoms with E-state index < -0.39 is 5.60 Å². The average molecular weight is 221 g/mol. The van der Waals surface area contributed by atoms with Gasteiger partial charge < -0.3 is 15.2 Å². The van der Waals surface area contributed by atoms with Gasteiger partial charge in [-0.15, -0.1) is 0 Å². The summed E-state index contributed by atoms with van der Waals surface area (Å²) in [6.07, 6.45) is 0.766. The molecule has 2 unspecified atom stereocenters. The van der Waals surface area contributed by atoms with Crippen LogP contribution in [-0.4, -0.2) is 24.3 Å². The van der Waals surface area contributed by atoms with Crippen LogP contribution in [0.25, 0.3) is 0 Å². The van der Waals surface area contributed by atoms with Crippen molar-refractivity contribution in [1.82, 2.24) is 5.32 Å².